The Morgan fingerprint density at radius 1 is 1.33 bits per heavy atom. The van der Waals surface area contributed by atoms with E-state index in [1.54, 1.807) is 24.3 Å². The Morgan fingerprint density at radius 2 is 1.92 bits per heavy atom. The van der Waals surface area contributed by atoms with Gasteiger partial charge < -0.3 is 5.73 Å². The first-order chi connectivity index (χ1) is 5.61. The van der Waals surface area contributed by atoms with E-state index in [0.717, 1.165) is 0 Å². The normalized spacial score (nSPS) is 25.3. The van der Waals surface area contributed by atoms with Gasteiger partial charge in [-0.15, -0.1) is 0 Å². The Morgan fingerprint density at radius 3 is 2.42 bits per heavy atom. The number of hydrogen-bond donors (Lipinski definition) is 1. The Hall–Kier alpha value is -1.12. The third-order valence-corrected chi connectivity index (χ3v) is 2.20. The fraction of sp³-hybridized carbons (Fsp3) is 0.333. The number of halogens is 2. The summed E-state index contributed by atoms with van der Waals surface area (Å²) in [6, 6.07) is 6.81. The molecule has 2 rings (SSSR count). The van der Waals surface area contributed by atoms with Crippen molar-refractivity contribution in [3.8, 4) is 0 Å². The van der Waals surface area contributed by atoms with Gasteiger partial charge in [-0.25, -0.2) is 8.78 Å². The van der Waals surface area contributed by atoms with Crippen LogP contribution in [0.15, 0.2) is 24.3 Å². The van der Waals surface area contributed by atoms with Crippen LogP contribution in [0.5, 0.6) is 0 Å². The van der Waals surface area contributed by atoms with Crippen molar-refractivity contribution in [2.24, 2.45) is 0 Å². The summed E-state index contributed by atoms with van der Waals surface area (Å²) in [5.74, 6) is -3.16. The van der Waals surface area contributed by atoms with Crippen molar-refractivity contribution in [1.82, 2.24) is 0 Å². The van der Waals surface area contributed by atoms with E-state index in [1.807, 2.05) is 0 Å². The number of hydrogen-bond acceptors (Lipinski definition) is 1. The number of para-hydroxylation sites is 1. The molecule has 0 bridgehead atoms. The topological polar surface area (TPSA) is 26.0 Å². The second kappa shape index (κ2) is 2.19. The Labute approximate surface area is 69.2 Å². The molecule has 1 aliphatic rings. The third kappa shape index (κ3) is 1.05. The van der Waals surface area contributed by atoms with E-state index in [4.69, 9.17) is 5.73 Å². The van der Waals surface area contributed by atoms with Crippen LogP contribution in [0.25, 0.3) is 0 Å². The highest BCUT2D eigenvalue weighted by Gasteiger charge is 2.58. The molecule has 1 saturated carbocycles. The molecule has 0 aliphatic heterocycles. The van der Waals surface area contributed by atoms with Gasteiger partial charge in [0.05, 0.1) is 5.92 Å². The van der Waals surface area contributed by atoms with E-state index in [1.165, 1.54) is 0 Å². The van der Waals surface area contributed by atoms with Gasteiger partial charge in [-0.3, -0.25) is 0 Å². The van der Waals surface area contributed by atoms with Gasteiger partial charge in [0, 0.05) is 12.1 Å². The standard InChI is InChI=1S/C9H9F2N/c10-9(11)5-7(9)6-3-1-2-4-8(6)12/h1-4,7H,5,12H2. The second-order valence-electron chi connectivity index (χ2n) is 3.15. The fourth-order valence-electron chi connectivity index (χ4n) is 1.38. The first-order valence-corrected chi connectivity index (χ1v) is 3.83. The van der Waals surface area contributed by atoms with Crippen molar-refractivity contribution in [2.75, 3.05) is 5.73 Å². The molecule has 1 unspecified atom stereocenters. The average molecular weight is 169 g/mol. The predicted octanol–water partition coefficient (Wildman–Crippen LogP) is 2.39. The number of nitrogen functional groups attached to an aromatic ring is 1. The molecule has 0 radical (unpaired) electrons. The van der Waals surface area contributed by atoms with Crippen LogP contribution in [0.4, 0.5) is 14.5 Å². The van der Waals surface area contributed by atoms with E-state index in [-0.39, 0.29) is 6.42 Å². The number of benzene rings is 1. The van der Waals surface area contributed by atoms with Crippen LogP contribution in [0.2, 0.25) is 0 Å². The number of nitrogens with two attached hydrogens (primary N) is 1. The average Bonchev–Trinajstić information content (AvgIpc) is 2.61. The number of anilines is 1. The molecule has 3 heteroatoms. The highest BCUT2D eigenvalue weighted by Crippen LogP contribution is 2.56. The minimum Gasteiger partial charge on any atom is -0.398 e. The van der Waals surface area contributed by atoms with Crippen LogP contribution < -0.4 is 5.73 Å². The second-order valence-corrected chi connectivity index (χ2v) is 3.15. The van der Waals surface area contributed by atoms with Crippen molar-refractivity contribution in [2.45, 2.75) is 18.3 Å². The largest absolute Gasteiger partial charge is 0.398 e. The zero-order valence-corrected chi connectivity index (χ0v) is 6.43. The summed E-state index contributed by atoms with van der Waals surface area (Å²) in [4.78, 5) is 0. The fourth-order valence-corrected chi connectivity index (χ4v) is 1.38. The maximum Gasteiger partial charge on any atom is 0.256 e. The Kier molecular flexibility index (Phi) is 1.37. The molecule has 1 aliphatic carbocycles. The molecule has 1 aromatic carbocycles. The van der Waals surface area contributed by atoms with Gasteiger partial charge in [0.1, 0.15) is 0 Å². The molecule has 64 valence electrons. The first-order valence-electron chi connectivity index (χ1n) is 3.83. The molecular weight excluding hydrogens is 160 g/mol. The van der Waals surface area contributed by atoms with Crippen molar-refractivity contribution < 1.29 is 8.78 Å². The number of rotatable bonds is 1. The van der Waals surface area contributed by atoms with Gasteiger partial charge in [-0.05, 0) is 11.6 Å². The highest BCUT2D eigenvalue weighted by molar-refractivity contribution is 5.51. The summed E-state index contributed by atoms with van der Waals surface area (Å²) in [5.41, 5.74) is 6.61. The van der Waals surface area contributed by atoms with Crippen LogP contribution in [0, 0.1) is 0 Å². The smallest absolute Gasteiger partial charge is 0.256 e. The molecule has 0 heterocycles. The van der Waals surface area contributed by atoms with Crippen LogP contribution in [0.1, 0.15) is 17.9 Å². The van der Waals surface area contributed by atoms with Crippen molar-refractivity contribution in [3.05, 3.63) is 29.8 Å². The van der Waals surface area contributed by atoms with E-state index in [2.05, 4.69) is 0 Å². The van der Waals surface area contributed by atoms with Gasteiger partial charge in [0.2, 0.25) is 0 Å². The van der Waals surface area contributed by atoms with Crippen LogP contribution >= 0.6 is 0 Å². The van der Waals surface area contributed by atoms with Gasteiger partial charge in [0.15, 0.2) is 0 Å². The molecule has 1 aromatic rings. The van der Waals surface area contributed by atoms with Gasteiger partial charge in [-0.2, -0.15) is 0 Å². The molecule has 1 fully saturated rings. The molecule has 0 saturated heterocycles. The van der Waals surface area contributed by atoms with Crippen LogP contribution in [-0.2, 0) is 0 Å². The third-order valence-electron chi connectivity index (χ3n) is 2.20. The van der Waals surface area contributed by atoms with Crippen molar-refractivity contribution in [1.29, 1.82) is 0 Å². The summed E-state index contributed by atoms with van der Waals surface area (Å²) >= 11 is 0. The molecular formula is C9H9F2N. The molecule has 0 aromatic heterocycles. The maximum absolute atomic E-state index is 12.6. The minimum absolute atomic E-state index is 0.0544. The van der Waals surface area contributed by atoms with Crippen molar-refractivity contribution >= 4 is 5.69 Å². The summed E-state index contributed by atoms with van der Waals surface area (Å²) < 4.78 is 25.2. The summed E-state index contributed by atoms with van der Waals surface area (Å²) in [5, 5.41) is 0. The van der Waals surface area contributed by atoms with E-state index >= 15 is 0 Å². The highest BCUT2D eigenvalue weighted by atomic mass is 19.3. The predicted molar refractivity (Wildman–Crippen MR) is 43.2 cm³/mol. The maximum atomic E-state index is 12.6. The zero-order chi connectivity index (χ0) is 8.77. The molecule has 0 amide bonds. The van der Waals surface area contributed by atoms with E-state index < -0.39 is 11.8 Å². The lowest BCUT2D eigenvalue weighted by Crippen LogP contribution is -1.97. The molecule has 12 heavy (non-hydrogen) atoms. The van der Waals surface area contributed by atoms with Crippen LogP contribution in [0.3, 0.4) is 0 Å². The van der Waals surface area contributed by atoms with E-state index in [0.29, 0.717) is 11.3 Å². The lowest BCUT2D eigenvalue weighted by molar-refractivity contribution is 0.112. The lowest BCUT2D eigenvalue weighted by atomic mass is 10.1. The minimum atomic E-state index is -2.52. The van der Waals surface area contributed by atoms with E-state index in [9.17, 15) is 8.78 Å². The van der Waals surface area contributed by atoms with Crippen LogP contribution in [-0.4, -0.2) is 5.92 Å². The lowest BCUT2D eigenvalue weighted by Gasteiger charge is -2.02. The molecule has 1 atom stereocenters. The van der Waals surface area contributed by atoms with Crippen molar-refractivity contribution in [3.63, 3.8) is 0 Å². The monoisotopic (exact) mass is 169 g/mol. The summed E-state index contributed by atoms with van der Waals surface area (Å²) in [6.07, 6.45) is -0.0544. The summed E-state index contributed by atoms with van der Waals surface area (Å²) in [7, 11) is 0. The summed E-state index contributed by atoms with van der Waals surface area (Å²) in [6.45, 7) is 0. The first kappa shape index (κ1) is 7.53. The molecule has 2 N–H and O–H groups in total. The van der Waals surface area contributed by atoms with Gasteiger partial charge in [-0.1, -0.05) is 18.2 Å². The zero-order valence-electron chi connectivity index (χ0n) is 6.43. The Bertz CT molecular complexity index is 309. The molecule has 0 spiro atoms. The Balaban J connectivity index is 2.31. The SMILES string of the molecule is Nc1ccccc1C1CC1(F)F. The molecule has 1 nitrogen and oxygen atoms in total. The van der Waals surface area contributed by atoms with Gasteiger partial charge in [0.25, 0.3) is 5.92 Å². The quantitative estimate of drug-likeness (QED) is 0.642. The van der Waals surface area contributed by atoms with Gasteiger partial charge >= 0.3 is 0 Å². The number of alkyl halides is 2.